The summed E-state index contributed by atoms with van der Waals surface area (Å²) >= 11 is 0. The maximum Gasteiger partial charge on any atom is 0.291 e. The monoisotopic (exact) mass is 291 g/mol. The van der Waals surface area contributed by atoms with Crippen molar-refractivity contribution in [1.82, 2.24) is 0 Å². The molecule has 0 spiro atoms. The number of benzene rings is 2. The Labute approximate surface area is 117 Å². The molecule has 1 aromatic heterocycles. The fourth-order valence-electron chi connectivity index (χ4n) is 1.90. The molecule has 0 aliphatic carbocycles. The summed E-state index contributed by atoms with van der Waals surface area (Å²) in [6, 6.07) is 10.1. The van der Waals surface area contributed by atoms with Gasteiger partial charge in [0.1, 0.15) is 5.58 Å². The average Bonchev–Trinajstić information content (AvgIpc) is 2.92. The van der Waals surface area contributed by atoms with Gasteiger partial charge in [-0.25, -0.2) is 13.2 Å². The van der Waals surface area contributed by atoms with Gasteiger partial charge in [-0.3, -0.25) is 4.79 Å². The fourth-order valence-corrected chi connectivity index (χ4v) is 1.90. The second-order valence-corrected chi connectivity index (χ2v) is 4.33. The molecule has 3 aromatic rings. The van der Waals surface area contributed by atoms with Gasteiger partial charge in [-0.1, -0.05) is 18.2 Å². The van der Waals surface area contributed by atoms with Crippen LogP contribution in [0.1, 0.15) is 10.6 Å². The molecule has 0 atom stereocenters. The largest absolute Gasteiger partial charge is 0.451 e. The number of hydrogen-bond acceptors (Lipinski definition) is 2. The molecule has 21 heavy (non-hydrogen) atoms. The van der Waals surface area contributed by atoms with Crippen LogP contribution < -0.4 is 5.32 Å². The number of nitrogens with one attached hydrogen (secondary N) is 1. The predicted octanol–water partition coefficient (Wildman–Crippen LogP) is 4.10. The summed E-state index contributed by atoms with van der Waals surface area (Å²) in [5, 5.41) is 2.84. The third-order valence-corrected chi connectivity index (χ3v) is 2.93. The zero-order chi connectivity index (χ0) is 15.0. The summed E-state index contributed by atoms with van der Waals surface area (Å²) in [5.74, 6) is -5.23. The first-order chi connectivity index (χ1) is 10.1. The van der Waals surface area contributed by atoms with Gasteiger partial charge in [0, 0.05) is 5.39 Å². The summed E-state index contributed by atoms with van der Waals surface area (Å²) < 4.78 is 44.7. The van der Waals surface area contributed by atoms with Crippen molar-refractivity contribution in [2.75, 3.05) is 5.32 Å². The minimum Gasteiger partial charge on any atom is -0.451 e. The maximum absolute atomic E-state index is 13.5. The minimum atomic E-state index is -1.64. The Hall–Kier alpha value is -2.76. The molecular weight excluding hydrogens is 283 g/mol. The highest BCUT2D eigenvalue weighted by Gasteiger charge is 2.18. The molecule has 0 radical (unpaired) electrons. The summed E-state index contributed by atoms with van der Waals surface area (Å²) in [4.78, 5) is 11.9. The highest BCUT2D eigenvalue weighted by molar-refractivity contribution is 6.04. The van der Waals surface area contributed by atoms with Crippen LogP contribution in [0.2, 0.25) is 0 Å². The Morgan fingerprint density at radius 1 is 1.00 bits per heavy atom. The molecule has 0 fully saturated rings. The molecule has 0 bridgehead atoms. The van der Waals surface area contributed by atoms with Crippen LogP contribution in [0, 0.1) is 17.5 Å². The molecule has 106 valence electrons. The lowest BCUT2D eigenvalue weighted by atomic mass is 10.2. The normalized spacial score (nSPS) is 10.8. The number of furan rings is 1. The molecule has 3 rings (SSSR count). The van der Waals surface area contributed by atoms with E-state index in [4.69, 9.17) is 4.42 Å². The molecule has 3 nitrogen and oxygen atoms in total. The zero-order valence-corrected chi connectivity index (χ0v) is 10.5. The Bertz CT molecular complexity index is 809. The number of rotatable bonds is 2. The molecule has 0 saturated carbocycles. The van der Waals surface area contributed by atoms with E-state index in [1.54, 1.807) is 24.3 Å². The second-order valence-electron chi connectivity index (χ2n) is 4.33. The van der Waals surface area contributed by atoms with E-state index >= 15 is 0 Å². The van der Waals surface area contributed by atoms with Crippen molar-refractivity contribution in [2.45, 2.75) is 0 Å². The summed E-state index contributed by atoms with van der Waals surface area (Å²) in [6.07, 6.45) is 0. The van der Waals surface area contributed by atoms with Crippen molar-refractivity contribution >= 4 is 22.6 Å². The van der Waals surface area contributed by atoms with Gasteiger partial charge in [-0.2, -0.15) is 0 Å². The van der Waals surface area contributed by atoms with Crippen molar-refractivity contribution in [3.05, 3.63) is 65.7 Å². The van der Waals surface area contributed by atoms with Gasteiger partial charge in [0.05, 0.1) is 5.69 Å². The van der Waals surface area contributed by atoms with Gasteiger partial charge in [0.2, 0.25) is 0 Å². The van der Waals surface area contributed by atoms with Gasteiger partial charge in [-0.15, -0.1) is 0 Å². The average molecular weight is 291 g/mol. The third kappa shape index (κ3) is 2.35. The van der Waals surface area contributed by atoms with Crippen LogP contribution in [0.4, 0.5) is 18.9 Å². The summed E-state index contributed by atoms with van der Waals surface area (Å²) in [6.45, 7) is 0. The van der Waals surface area contributed by atoms with E-state index in [0.717, 1.165) is 12.1 Å². The van der Waals surface area contributed by atoms with Crippen LogP contribution in [-0.2, 0) is 0 Å². The molecule has 0 aliphatic heterocycles. The number of fused-ring (bicyclic) bond motifs is 1. The van der Waals surface area contributed by atoms with Crippen molar-refractivity contribution in [1.29, 1.82) is 0 Å². The van der Waals surface area contributed by atoms with Crippen LogP contribution in [0.3, 0.4) is 0 Å². The number of amides is 1. The predicted molar refractivity (Wildman–Crippen MR) is 70.5 cm³/mol. The quantitative estimate of drug-likeness (QED) is 0.722. The second kappa shape index (κ2) is 4.97. The molecule has 0 unspecified atom stereocenters. The molecule has 1 N–H and O–H groups in total. The van der Waals surface area contributed by atoms with Crippen LogP contribution >= 0.6 is 0 Å². The van der Waals surface area contributed by atoms with E-state index in [-0.39, 0.29) is 5.76 Å². The lowest BCUT2D eigenvalue weighted by Crippen LogP contribution is -2.13. The molecular formula is C15H8F3NO2. The number of para-hydroxylation sites is 1. The Kier molecular flexibility index (Phi) is 3.13. The molecule has 6 heteroatoms. The molecule has 0 aliphatic rings. The number of hydrogen-bond donors (Lipinski definition) is 1. The van der Waals surface area contributed by atoms with Crippen LogP contribution in [0.25, 0.3) is 11.0 Å². The van der Waals surface area contributed by atoms with Crippen molar-refractivity contribution in [3.8, 4) is 0 Å². The van der Waals surface area contributed by atoms with Gasteiger partial charge in [-0.05, 0) is 24.3 Å². The Balaban J connectivity index is 1.91. The zero-order valence-electron chi connectivity index (χ0n) is 10.5. The lowest BCUT2D eigenvalue weighted by molar-refractivity contribution is 0.0998. The highest BCUT2D eigenvalue weighted by Crippen LogP contribution is 2.22. The highest BCUT2D eigenvalue weighted by atomic mass is 19.2. The molecule has 0 saturated heterocycles. The summed E-state index contributed by atoms with van der Waals surface area (Å²) in [7, 11) is 0. The van der Waals surface area contributed by atoms with Crippen molar-refractivity contribution in [3.63, 3.8) is 0 Å². The molecule has 1 heterocycles. The Morgan fingerprint density at radius 2 is 1.76 bits per heavy atom. The first-order valence-electron chi connectivity index (χ1n) is 5.99. The number of carbonyl (C=O) groups excluding carboxylic acids is 1. The topological polar surface area (TPSA) is 42.2 Å². The van der Waals surface area contributed by atoms with Gasteiger partial charge >= 0.3 is 0 Å². The third-order valence-electron chi connectivity index (χ3n) is 2.93. The van der Waals surface area contributed by atoms with E-state index in [9.17, 15) is 18.0 Å². The van der Waals surface area contributed by atoms with Gasteiger partial charge in [0.25, 0.3) is 5.91 Å². The smallest absolute Gasteiger partial charge is 0.291 e. The maximum atomic E-state index is 13.5. The molecule has 2 aromatic carbocycles. The first kappa shape index (κ1) is 13.2. The summed E-state index contributed by atoms with van der Waals surface area (Å²) in [5.41, 5.74) is 0.0350. The fraction of sp³-hybridized carbons (Fsp3) is 0. The van der Waals surface area contributed by atoms with Gasteiger partial charge < -0.3 is 9.73 Å². The minimum absolute atomic E-state index is 0.0552. The van der Waals surface area contributed by atoms with Crippen LogP contribution in [0.15, 0.2) is 46.9 Å². The standard InChI is InChI=1S/C15H8F3NO2/c16-9-5-6-10(14(18)13(9)17)19-15(20)12-7-8-3-1-2-4-11(8)21-12/h1-7H,(H,19,20). The number of halogens is 3. The number of carbonyl (C=O) groups is 1. The van der Waals surface area contributed by atoms with E-state index in [2.05, 4.69) is 5.32 Å². The number of anilines is 1. The van der Waals surface area contributed by atoms with E-state index < -0.39 is 29.0 Å². The van der Waals surface area contributed by atoms with Crippen LogP contribution in [0.5, 0.6) is 0 Å². The van der Waals surface area contributed by atoms with Crippen molar-refractivity contribution in [2.24, 2.45) is 0 Å². The van der Waals surface area contributed by atoms with E-state index in [1.807, 2.05) is 0 Å². The van der Waals surface area contributed by atoms with E-state index in [0.29, 0.717) is 11.0 Å². The first-order valence-corrected chi connectivity index (χ1v) is 5.99. The van der Waals surface area contributed by atoms with Crippen molar-refractivity contribution < 1.29 is 22.4 Å². The molecule has 1 amide bonds. The Morgan fingerprint density at radius 3 is 2.52 bits per heavy atom. The van der Waals surface area contributed by atoms with Crippen LogP contribution in [-0.4, -0.2) is 5.91 Å². The van der Waals surface area contributed by atoms with E-state index in [1.165, 1.54) is 6.07 Å². The van der Waals surface area contributed by atoms with Gasteiger partial charge in [0.15, 0.2) is 23.2 Å². The lowest BCUT2D eigenvalue weighted by Gasteiger charge is -2.05. The SMILES string of the molecule is O=C(Nc1ccc(F)c(F)c1F)c1cc2ccccc2o1.